The molecule has 0 radical (unpaired) electrons. The van der Waals surface area contributed by atoms with Gasteiger partial charge in [0.1, 0.15) is 0 Å². The molecule has 1 heterocycles. The van der Waals surface area contributed by atoms with Gasteiger partial charge in [-0.05, 0) is 49.9 Å². The van der Waals surface area contributed by atoms with Crippen molar-refractivity contribution < 1.29 is 0 Å². The minimum absolute atomic E-state index is 0.864. The summed E-state index contributed by atoms with van der Waals surface area (Å²) in [4.78, 5) is 2.76. The van der Waals surface area contributed by atoms with Crippen LogP contribution in [-0.4, -0.2) is 24.0 Å². The van der Waals surface area contributed by atoms with E-state index in [1.807, 2.05) is 0 Å². The van der Waals surface area contributed by atoms with E-state index in [9.17, 15) is 0 Å². The minimum Gasteiger partial charge on any atom is -0.299 e. The Morgan fingerprint density at radius 1 is 1.00 bits per heavy atom. The highest BCUT2D eigenvalue weighted by Gasteiger charge is 2.53. The van der Waals surface area contributed by atoms with Gasteiger partial charge in [-0.2, -0.15) is 0 Å². The zero-order valence-electron chi connectivity index (χ0n) is 8.76. The van der Waals surface area contributed by atoms with Crippen molar-refractivity contribution in [2.24, 2.45) is 11.3 Å². The van der Waals surface area contributed by atoms with Crippen molar-refractivity contribution in [3.63, 3.8) is 0 Å². The Morgan fingerprint density at radius 2 is 1.62 bits per heavy atom. The number of rotatable bonds is 1. The molecule has 1 heteroatoms. The van der Waals surface area contributed by atoms with Crippen molar-refractivity contribution in [3.05, 3.63) is 0 Å². The van der Waals surface area contributed by atoms with Crippen LogP contribution < -0.4 is 0 Å². The molecule has 0 aromatic rings. The van der Waals surface area contributed by atoms with Crippen LogP contribution in [0.5, 0.6) is 0 Å². The van der Waals surface area contributed by atoms with Crippen molar-refractivity contribution in [1.82, 2.24) is 4.90 Å². The lowest BCUT2D eigenvalue weighted by molar-refractivity contribution is 0.0151. The van der Waals surface area contributed by atoms with E-state index in [-0.39, 0.29) is 0 Å². The Morgan fingerprint density at radius 3 is 2.15 bits per heavy atom. The number of hydrogen-bond donors (Lipinski definition) is 0. The largest absolute Gasteiger partial charge is 0.299 e. The van der Waals surface area contributed by atoms with Gasteiger partial charge in [0.15, 0.2) is 0 Å². The molecule has 3 aliphatic rings. The predicted octanol–water partition coefficient (Wildman–Crippen LogP) is 2.66. The standard InChI is InChI=1S/C12H21N/c1-10-2-4-11(5-3-10)13-8-12(9-13)6-7-12/h10-11H,2-9H2,1H3/t10-,11+. The average Bonchev–Trinajstić information content (AvgIpc) is 2.83. The molecule has 0 amide bonds. The Balaban J connectivity index is 1.50. The summed E-state index contributed by atoms with van der Waals surface area (Å²) in [6, 6.07) is 0.974. The predicted molar refractivity (Wildman–Crippen MR) is 54.7 cm³/mol. The van der Waals surface area contributed by atoms with Gasteiger partial charge >= 0.3 is 0 Å². The van der Waals surface area contributed by atoms with Crippen LogP contribution in [0.1, 0.15) is 45.4 Å². The van der Waals surface area contributed by atoms with E-state index in [1.165, 1.54) is 51.6 Å². The first-order valence-corrected chi connectivity index (χ1v) is 6.02. The lowest BCUT2D eigenvalue weighted by Crippen LogP contribution is -2.54. The molecular weight excluding hydrogens is 158 g/mol. The van der Waals surface area contributed by atoms with E-state index in [4.69, 9.17) is 0 Å². The summed E-state index contributed by atoms with van der Waals surface area (Å²) in [5.74, 6) is 1.01. The van der Waals surface area contributed by atoms with Crippen LogP contribution in [0.4, 0.5) is 0 Å². The summed E-state index contributed by atoms with van der Waals surface area (Å²) in [7, 11) is 0. The highest BCUT2D eigenvalue weighted by Crippen LogP contribution is 2.54. The normalized spacial score (nSPS) is 43.2. The topological polar surface area (TPSA) is 3.24 Å². The summed E-state index contributed by atoms with van der Waals surface area (Å²) in [6.07, 6.45) is 9.00. The van der Waals surface area contributed by atoms with Crippen LogP contribution in [0.15, 0.2) is 0 Å². The Kier molecular flexibility index (Phi) is 1.74. The zero-order chi connectivity index (χ0) is 8.89. The first-order chi connectivity index (χ1) is 6.27. The maximum Gasteiger partial charge on any atom is 0.00959 e. The molecular formula is C12H21N. The molecule has 0 aromatic heterocycles. The third-order valence-corrected chi connectivity index (χ3v) is 4.54. The van der Waals surface area contributed by atoms with E-state index < -0.39 is 0 Å². The molecule has 74 valence electrons. The maximum absolute atomic E-state index is 2.76. The summed E-state index contributed by atoms with van der Waals surface area (Å²) < 4.78 is 0. The molecule has 1 spiro atoms. The highest BCUT2D eigenvalue weighted by molar-refractivity contribution is 5.06. The second-order valence-corrected chi connectivity index (χ2v) is 5.82. The van der Waals surface area contributed by atoms with E-state index in [0.29, 0.717) is 0 Å². The summed E-state index contributed by atoms with van der Waals surface area (Å²) >= 11 is 0. The van der Waals surface area contributed by atoms with E-state index in [2.05, 4.69) is 11.8 Å². The number of likely N-dealkylation sites (tertiary alicyclic amines) is 1. The molecule has 13 heavy (non-hydrogen) atoms. The van der Waals surface area contributed by atoms with Crippen LogP contribution in [0.2, 0.25) is 0 Å². The first-order valence-electron chi connectivity index (χ1n) is 6.02. The fourth-order valence-electron chi connectivity index (χ4n) is 3.17. The smallest absolute Gasteiger partial charge is 0.00959 e. The lowest BCUT2D eigenvalue weighted by atomic mass is 9.83. The molecule has 0 N–H and O–H groups in total. The zero-order valence-corrected chi connectivity index (χ0v) is 8.76. The second kappa shape index (κ2) is 2.73. The van der Waals surface area contributed by atoms with Crippen LogP contribution in [0, 0.1) is 11.3 Å². The van der Waals surface area contributed by atoms with Crippen LogP contribution in [0.25, 0.3) is 0 Å². The fraction of sp³-hybridized carbons (Fsp3) is 1.00. The average molecular weight is 179 g/mol. The maximum atomic E-state index is 2.76. The molecule has 1 saturated heterocycles. The molecule has 1 aliphatic heterocycles. The third-order valence-electron chi connectivity index (χ3n) is 4.54. The quantitative estimate of drug-likeness (QED) is 0.598. The SMILES string of the molecule is C[C@H]1CC[C@@H](N2CC3(CC3)C2)CC1. The molecule has 0 atom stereocenters. The van der Waals surface area contributed by atoms with Crippen molar-refractivity contribution in [2.45, 2.75) is 51.5 Å². The summed E-state index contributed by atoms with van der Waals surface area (Å²) in [5, 5.41) is 0. The van der Waals surface area contributed by atoms with Gasteiger partial charge < -0.3 is 0 Å². The van der Waals surface area contributed by atoms with E-state index >= 15 is 0 Å². The van der Waals surface area contributed by atoms with Gasteiger partial charge in [-0.15, -0.1) is 0 Å². The van der Waals surface area contributed by atoms with Crippen LogP contribution in [-0.2, 0) is 0 Å². The minimum atomic E-state index is 0.864. The molecule has 2 saturated carbocycles. The molecule has 2 aliphatic carbocycles. The van der Waals surface area contributed by atoms with Crippen LogP contribution >= 0.6 is 0 Å². The number of hydrogen-bond acceptors (Lipinski definition) is 1. The summed E-state index contributed by atoms with van der Waals surface area (Å²) in [5.41, 5.74) is 0.864. The van der Waals surface area contributed by atoms with Gasteiger partial charge in [-0.25, -0.2) is 0 Å². The molecule has 0 unspecified atom stereocenters. The highest BCUT2D eigenvalue weighted by atomic mass is 15.2. The Labute approximate surface area is 81.5 Å². The van der Waals surface area contributed by atoms with Gasteiger partial charge in [0.2, 0.25) is 0 Å². The Hall–Kier alpha value is -0.0400. The number of nitrogens with zero attached hydrogens (tertiary/aromatic N) is 1. The van der Waals surface area contributed by atoms with Gasteiger partial charge in [0.05, 0.1) is 0 Å². The van der Waals surface area contributed by atoms with Crippen molar-refractivity contribution in [3.8, 4) is 0 Å². The fourth-order valence-corrected chi connectivity index (χ4v) is 3.17. The van der Waals surface area contributed by atoms with Gasteiger partial charge in [-0.1, -0.05) is 6.92 Å². The first kappa shape index (κ1) is 8.28. The molecule has 3 fully saturated rings. The van der Waals surface area contributed by atoms with Gasteiger partial charge in [-0.3, -0.25) is 4.90 Å². The molecule has 3 rings (SSSR count). The van der Waals surface area contributed by atoms with Crippen molar-refractivity contribution in [2.75, 3.05) is 13.1 Å². The van der Waals surface area contributed by atoms with Gasteiger partial charge in [0, 0.05) is 19.1 Å². The molecule has 0 bridgehead atoms. The molecule has 0 aromatic carbocycles. The van der Waals surface area contributed by atoms with Crippen molar-refractivity contribution >= 4 is 0 Å². The Bertz CT molecular complexity index is 191. The summed E-state index contributed by atoms with van der Waals surface area (Å²) in [6.45, 7) is 5.31. The van der Waals surface area contributed by atoms with Crippen LogP contribution in [0.3, 0.4) is 0 Å². The second-order valence-electron chi connectivity index (χ2n) is 5.82. The third kappa shape index (κ3) is 1.41. The van der Waals surface area contributed by atoms with E-state index in [0.717, 1.165) is 17.4 Å². The van der Waals surface area contributed by atoms with E-state index in [1.54, 1.807) is 0 Å². The van der Waals surface area contributed by atoms with Crippen molar-refractivity contribution in [1.29, 1.82) is 0 Å². The molecule has 1 nitrogen and oxygen atoms in total. The lowest BCUT2D eigenvalue weighted by Gasteiger charge is -2.47. The van der Waals surface area contributed by atoms with Gasteiger partial charge in [0.25, 0.3) is 0 Å². The monoisotopic (exact) mass is 179 g/mol.